The second-order valence-electron chi connectivity index (χ2n) is 4.43. The fourth-order valence-corrected chi connectivity index (χ4v) is 2.55. The molecule has 0 aliphatic rings. The molecule has 124 valence electrons. The molecule has 22 heavy (non-hydrogen) atoms. The first-order chi connectivity index (χ1) is 10.4. The minimum atomic E-state index is -0.971. The predicted octanol–water partition coefficient (Wildman–Crippen LogP) is 4.26. The van der Waals surface area contributed by atoms with E-state index in [4.69, 9.17) is 10.8 Å². The smallest absolute Gasteiger partial charge is 0.320 e. The summed E-state index contributed by atoms with van der Waals surface area (Å²) >= 11 is 3.44. The first-order valence-corrected chi connectivity index (χ1v) is 8.43. The summed E-state index contributed by atoms with van der Waals surface area (Å²) in [5, 5.41) is 9.98. The molecule has 1 aromatic carbocycles. The van der Waals surface area contributed by atoms with E-state index in [0.29, 0.717) is 6.42 Å². The standard InChI is InChI=1S/C13H15BrN2O2.2C2H6/c1-7-9(6-11(15)13(17)18)10-5-8(14)3-4-12(10)16(7)2;2*1-2/h3-5,11H,6,15H2,1-2H3,(H,17,18);2*1-2H3. The van der Waals surface area contributed by atoms with Crippen molar-refractivity contribution < 1.29 is 9.90 Å². The number of fused-ring (bicyclic) bond motifs is 1. The van der Waals surface area contributed by atoms with Crippen LogP contribution in [0.1, 0.15) is 39.0 Å². The van der Waals surface area contributed by atoms with Gasteiger partial charge in [-0.3, -0.25) is 4.79 Å². The minimum Gasteiger partial charge on any atom is -0.480 e. The average molecular weight is 371 g/mol. The van der Waals surface area contributed by atoms with Crippen LogP contribution in [-0.2, 0) is 18.3 Å². The fourth-order valence-electron chi connectivity index (χ4n) is 2.19. The summed E-state index contributed by atoms with van der Waals surface area (Å²) in [5.74, 6) is -0.971. The summed E-state index contributed by atoms with van der Waals surface area (Å²) in [7, 11) is 1.97. The van der Waals surface area contributed by atoms with Gasteiger partial charge in [-0.2, -0.15) is 0 Å². The van der Waals surface area contributed by atoms with Gasteiger partial charge in [-0.25, -0.2) is 0 Å². The maximum absolute atomic E-state index is 10.9. The quantitative estimate of drug-likeness (QED) is 0.847. The van der Waals surface area contributed by atoms with Crippen LogP contribution in [0.3, 0.4) is 0 Å². The van der Waals surface area contributed by atoms with Crippen LogP contribution < -0.4 is 5.73 Å². The number of carboxylic acids is 1. The molecule has 2 aromatic rings. The number of aliphatic carboxylic acids is 1. The Morgan fingerprint density at radius 3 is 2.36 bits per heavy atom. The van der Waals surface area contributed by atoms with Crippen molar-refractivity contribution in [2.75, 3.05) is 0 Å². The molecule has 0 aliphatic heterocycles. The number of aryl methyl sites for hydroxylation is 1. The molecule has 0 aliphatic carbocycles. The highest BCUT2D eigenvalue weighted by molar-refractivity contribution is 9.10. The highest BCUT2D eigenvalue weighted by atomic mass is 79.9. The summed E-state index contributed by atoms with van der Waals surface area (Å²) in [6, 6.07) is 5.13. The first-order valence-electron chi connectivity index (χ1n) is 7.63. The molecule has 1 unspecified atom stereocenters. The Kier molecular flexibility index (Phi) is 9.06. The third kappa shape index (κ3) is 4.58. The number of rotatable bonds is 3. The topological polar surface area (TPSA) is 68.2 Å². The Morgan fingerprint density at radius 1 is 1.32 bits per heavy atom. The molecule has 1 heterocycles. The Labute approximate surface area is 141 Å². The summed E-state index contributed by atoms with van der Waals surface area (Å²) in [4.78, 5) is 10.9. The number of hydrogen-bond donors (Lipinski definition) is 2. The van der Waals surface area contributed by atoms with Gasteiger partial charge in [-0.15, -0.1) is 0 Å². The molecule has 0 saturated carbocycles. The normalized spacial score (nSPS) is 11.1. The monoisotopic (exact) mass is 370 g/mol. The van der Waals surface area contributed by atoms with Gasteiger partial charge in [0.2, 0.25) is 0 Å². The van der Waals surface area contributed by atoms with Crippen LogP contribution in [-0.4, -0.2) is 21.7 Å². The van der Waals surface area contributed by atoms with E-state index in [9.17, 15) is 4.79 Å². The second kappa shape index (κ2) is 9.64. The molecule has 1 aromatic heterocycles. The molecular weight excluding hydrogens is 344 g/mol. The average Bonchev–Trinajstić information content (AvgIpc) is 2.75. The van der Waals surface area contributed by atoms with Gasteiger partial charge in [0.15, 0.2) is 0 Å². The minimum absolute atomic E-state index is 0.342. The lowest BCUT2D eigenvalue weighted by atomic mass is 10.0. The number of hydrogen-bond acceptors (Lipinski definition) is 2. The lowest BCUT2D eigenvalue weighted by molar-refractivity contribution is -0.138. The van der Waals surface area contributed by atoms with Crippen molar-refractivity contribution in [2.45, 2.75) is 47.1 Å². The molecule has 0 fully saturated rings. The van der Waals surface area contributed by atoms with Gasteiger partial charge in [0.1, 0.15) is 6.04 Å². The third-order valence-electron chi connectivity index (χ3n) is 3.33. The SMILES string of the molecule is CC.CC.Cc1c(CC(N)C(=O)O)c2cc(Br)ccc2n1C. The molecule has 3 N–H and O–H groups in total. The van der Waals surface area contributed by atoms with Crippen molar-refractivity contribution in [1.82, 2.24) is 4.57 Å². The van der Waals surface area contributed by atoms with E-state index in [1.807, 2.05) is 59.9 Å². The van der Waals surface area contributed by atoms with Crippen LogP contribution in [0.25, 0.3) is 10.9 Å². The molecule has 5 heteroatoms. The predicted molar refractivity (Wildman–Crippen MR) is 97.4 cm³/mol. The van der Waals surface area contributed by atoms with Crippen molar-refractivity contribution in [3.05, 3.63) is 33.9 Å². The lowest BCUT2D eigenvalue weighted by Gasteiger charge is -2.07. The molecule has 4 nitrogen and oxygen atoms in total. The van der Waals surface area contributed by atoms with Crippen LogP contribution in [0.15, 0.2) is 22.7 Å². The van der Waals surface area contributed by atoms with Crippen molar-refractivity contribution in [3.63, 3.8) is 0 Å². The van der Waals surface area contributed by atoms with Gasteiger partial charge in [0.05, 0.1) is 0 Å². The zero-order valence-electron chi connectivity index (χ0n) is 14.3. The first kappa shape index (κ1) is 20.7. The Hall–Kier alpha value is -1.33. The van der Waals surface area contributed by atoms with Crippen LogP contribution in [0.4, 0.5) is 0 Å². The zero-order valence-corrected chi connectivity index (χ0v) is 15.9. The van der Waals surface area contributed by atoms with Crippen molar-refractivity contribution >= 4 is 32.8 Å². The summed E-state index contributed by atoms with van der Waals surface area (Å²) in [5.41, 5.74) is 8.78. The van der Waals surface area contributed by atoms with Crippen molar-refractivity contribution in [1.29, 1.82) is 0 Å². The van der Waals surface area contributed by atoms with Gasteiger partial charge in [0, 0.05) is 34.5 Å². The molecular formula is C17H27BrN2O2. The number of carboxylic acid groups (broad SMARTS) is 1. The zero-order chi connectivity index (χ0) is 17.4. The molecule has 1 atom stereocenters. The summed E-state index contributed by atoms with van der Waals surface area (Å²) < 4.78 is 3.04. The van der Waals surface area contributed by atoms with E-state index in [1.54, 1.807) is 0 Å². The fraction of sp³-hybridized carbons (Fsp3) is 0.471. The maximum atomic E-state index is 10.9. The largest absolute Gasteiger partial charge is 0.480 e. The number of nitrogens with two attached hydrogens (primary N) is 1. The van der Waals surface area contributed by atoms with E-state index in [1.165, 1.54) is 0 Å². The number of carbonyl (C=O) groups is 1. The van der Waals surface area contributed by atoms with Gasteiger partial charge >= 0.3 is 5.97 Å². The van der Waals surface area contributed by atoms with Gasteiger partial charge < -0.3 is 15.4 Å². The Bertz CT molecular complexity index is 621. The van der Waals surface area contributed by atoms with E-state index in [0.717, 1.165) is 26.6 Å². The Balaban J connectivity index is 0.00000102. The molecule has 0 radical (unpaired) electrons. The van der Waals surface area contributed by atoms with Crippen LogP contribution in [0.5, 0.6) is 0 Å². The molecule has 0 saturated heterocycles. The number of halogens is 1. The van der Waals surface area contributed by atoms with Crippen LogP contribution in [0.2, 0.25) is 0 Å². The second-order valence-corrected chi connectivity index (χ2v) is 5.35. The van der Waals surface area contributed by atoms with Gasteiger partial charge in [0.25, 0.3) is 0 Å². The maximum Gasteiger partial charge on any atom is 0.320 e. The van der Waals surface area contributed by atoms with E-state index in [2.05, 4.69) is 20.5 Å². The molecule has 0 amide bonds. The van der Waals surface area contributed by atoms with Crippen LogP contribution >= 0.6 is 15.9 Å². The summed E-state index contributed by atoms with van der Waals surface area (Å²) in [6.07, 6.45) is 0.342. The third-order valence-corrected chi connectivity index (χ3v) is 3.82. The van der Waals surface area contributed by atoms with E-state index in [-0.39, 0.29) is 0 Å². The lowest BCUT2D eigenvalue weighted by Crippen LogP contribution is -2.32. The number of aromatic nitrogens is 1. The summed E-state index contributed by atoms with van der Waals surface area (Å²) in [6.45, 7) is 9.98. The van der Waals surface area contributed by atoms with Crippen molar-refractivity contribution in [2.24, 2.45) is 12.8 Å². The van der Waals surface area contributed by atoms with E-state index < -0.39 is 12.0 Å². The van der Waals surface area contributed by atoms with Crippen LogP contribution in [0, 0.1) is 6.92 Å². The van der Waals surface area contributed by atoms with E-state index >= 15 is 0 Å². The molecule has 2 rings (SSSR count). The number of nitrogens with zero attached hydrogens (tertiary/aromatic N) is 1. The molecule has 0 bridgehead atoms. The van der Waals surface area contributed by atoms with Crippen molar-refractivity contribution in [3.8, 4) is 0 Å². The van der Waals surface area contributed by atoms with Gasteiger partial charge in [-0.1, -0.05) is 43.6 Å². The molecule has 0 spiro atoms. The highest BCUT2D eigenvalue weighted by Gasteiger charge is 2.18. The highest BCUT2D eigenvalue weighted by Crippen LogP contribution is 2.28. The Morgan fingerprint density at radius 2 is 1.86 bits per heavy atom. The number of benzene rings is 1. The van der Waals surface area contributed by atoms with Gasteiger partial charge in [-0.05, 0) is 30.7 Å².